The second-order valence-corrected chi connectivity index (χ2v) is 8.22. The summed E-state index contributed by atoms with van der Waals surface area (Å²) in [7, 11) is 1.79. The van der Waals surface area contributed by atoms with Crippen LogP contribution in [0, 0.1) is 12.7 Å². The van der Waals surface area contributed by atoms with Crippen molar-refractivity contribution in [2.24, 2.45) is 7.05 Å². The molecule has 0 aliphatic rings. The molecule has 8 heteroatoms. The molecule has 4 rings (SSSR count). The number of aromatic nitrogens is 3. The van der Waals surface area contributed by atoms with Crippen LogP contribution in [0.25, 0.3) is 10.8 Å². The summed E-state index contributed by atoms with van der Waals surface area (Å²) in [6, 6.07) is 11.4. The molecule has 0 aliphatic carbocycles. The Kier molecular flexibility index (Phi) is 6.37. The van der Waals surface area contributed by atoms with Gasteiger partial charge in [-0.1, -0.05) is 18.2 Å². The van der Waals surface area contributed by atoms with Crippen LogP contribution in [0.5, 0.6) is 0 Å². The Balaban J connectivity index is 1.65. The zero-order valence-electron chi connectivity index (χ0n) is 18.7. The minimum absolute atomic E-state index is 0.0164. The Labute approximate surface area is 191 Å². The number of carbonyl (C=O) groups excluding carboxylic acids is 1. The molecule has 33 heavy (non-hydrogen) atoms. The molecule has 0 saturated heterocycles. The molecular formula is C25H26FN5O2. The number of hydrogen-bond donors (Lipinski definition) is 3. The number of nitrogens with one attached hydrogen (secondary N) is 2. The van der Waals surface area contributed by atoms with Gasteiger partial charge in [-0.05, 0) is 54.6 Å². The fourth-order valence-corrected chi connectivity index (χ4v) is 3.61. The average molecular weight is 448 g/mol. The Bertz CT molecular complexity index is 1300. The lowest BCUT2D eigenvalue weighted by Gasteiger charge is -2.19. The first-order chi connectivity index (χ1) is 15.8. The standard InChI is InChI=1S/C25H26FN5O2/c1-15-4-5-17(9-22(15)26)24(21-12-28-31(3)13-21)30-25(33)18-6-7-19-11-27-23(10-20(19)8-18)29-16(2)14-32/h4-13,16,24,32H,14H2,1-3H3,(H,27,29)(H,30,33)/t16-,24-/m0/s1. The smallest absolute Gasteiger partial charge is 0.252 e. The topological polar surface area (TPSA) is 92.1 Å². The van der Waals surface area contributed by atoms with Crippen LogP contribution in [0.1, 0.15) is 40.0 Å². The van der Waals surface area contributed by atoms with Crippen molar-refractivity contribution in [2.75, 3.05) is 11.9 Å². The fourth-order valence-electron chi connectivity index (χ4n) is 3.61. The number of aryl methyl sites for hydroxylation is 2. The average Bonchev–Trinajstić information content (AvgIpc) is 3.24. The molecule has 2 aromatic carbocycles. The van der Waals surface area contributed by atoms with Gasteiger partial charge in [0.05, 0.1) is 18.8 Å². The Morgan fingerprint density at radius 3 is 2.64 bits per heavy atom. The highest BCUT2D eigenvalue weighted by Crippen LogP contribution is 2.25. The number of pyridine rings is 1. The van der Waals surface area contributed by atoms with E-state index in [1.807, 2.05) is 25.1 Å². The molecule has 0 saturated carbocycles. The first-order valence-electron chi connectivity index (χ1n) is 10.7. The first kappa shape index (κ1) is 22.4. The number of benzene rings is 2. The van der Waals surface area contributed by atoms with E-state index in [0.29, 0.717) is 22.5 Å². The van der Waals surface area contributed by atoms with E-state index in [2.05, 4.69) is 20.7 Å². The summed E-state index contributed by atoms with van der Waals surface area (Å²) in [5.74, 6) is -0.00209. The van der Waals surface area contributed by atoms with Crippen LogP contribution in [0.4, 0.5) is 10.2 Å². The maximum Gasteiger partial charge on any atom is 0.252 e. The number of aliphatic hydroxyl groups excluding tert-OH is 1. The lowest BCUT2D eigenvalue weighted by Crippen LogP contribution is -2.29. The van der Waals surface area contributed by atoms with Crippen LogP contribution in [0.2, 0.25) is 0 Å². The van der Waals surface area contributed by atoms with Gasteiger partial charge in [-0.2, -0.15) is 5.10 Å². The zero-order chi connectivity index (χ0) is 23.5. The van der Waals surface area contributed by atoms with Crippen molar-refractivity contribution in [3.63, 3.8) is 0 Å². The quantitative estimate of drug-likeness (QED) is 0.402. The fraction of sp³-hybridized carbons (Fsp3) is 0.240. The van der Waals surface area contributed by atoms with Crippen molar-refractivity contribution in [1.29, 1.82) is 0 Å². The molecule has 2 heterocycles. The molecule has 1 amide bonds. The summed E-state index contributed by atoms with van der Waals surface area (Å²) in [5, 5.41) is 21.3. The molecule has 0 bridgehead atoms. The zero-order valence-corrected chi connectivity index (χ0v) is 18.7. The van der Waals surface area contributed by atoms with Gasteiger partial charge in [0.2, 0.25) is 0 Å². The van der Waals surface area contributed by atoms with E-state index in [-0.39, 0.29) is 24.4 Å². The monoisotopic (exact) mass is 447 g/mol. The minimum Gasteiger partial charge on any atom is -0.394 e. The van der Waals surface area contributed by atoms with Crippen LogP contribution >= 0.6 is 0 Å². The molecule has 0 spiro atoms. The molecule has 170 valence electrons. The largest absolute Gasteiger partial charge is 0.394 e. The number of carbonyl (C=O) groups is 1. The van der Waals surface area contributed by atoms with Crippen molar-refractivity contribution in [3.05, 3.63) is 89.1 Å². The van der Waals surface area contributed by atoms with Crippen LogP contribution < -0.4 is 10.6 Å². The van der Waals surface area contributed by atoms with Gasteiger partial charge in [-0.15, -0.1) is 0 Å². The Morgan fingerprint density at radius 2 is 1.94 bits per heavy atom. The Morgan fingerprint density at radius 1 is 1.12 bits per heavy atom. The third-order valence-electron chi connectivity index (χ3n) is 5.51. The molecular weight excluding hydrogens is 421 g/mol. The van der Waals surface area contributed by atoms with Gasteiger partial charge >= 0.3 is 0 Å². The molecule has 2 atom stereocenters. The molecule has 4 aromatic rings. The second kappa shape index (κ2) is 9.38. The van der Waals surface area contributed by atoms with Crippen LogP contribution in [-0.4, -0.2) is 38.4 Å². The van der Waals surface area contributed by atoms with Gasteiger partial charge in [0.1, 0.15) is 11.6 Å². The number of anilines is 1. The second-order valence-electron chi connectivity index (χ2n) is 8.22. The number of aliphatic hydroxyl groups is 1. The van der Waals surface area contributed by atoms with Gasteiger partial charge in [-0.25, -0.2) is 9.37 Å². The number of nitrogens with zero attached hydrogens (tertiary/aromatic N) is 3. The summed E-state index contributed by atoms with van der Waals surface area (Å²) >= 11 is 0. The summed E-state index contributed by atoms with van der Waals surface area (Å²) in [4.78, 5) is 17.6. The predicted molar refractivity (Wildman–Crippen MR) is 126 cm³/mol. The minimum atomic E-state index is -0.558. The van der Waals surface area contributed by atoms with E-state index >= 15 is 0 Å². The van der Waals surface area contributed by atoms with Gasteiger partial charge in [-0.3, -0.25) is 9.48 Å². The number of rotatable bonds is 7. The van der Waals surface area contributed by atoms with Crippen molar-refractivity contribution < 1.29 is 14.3 Å². The normalized spacial score (nSPS) is 13.0. The molecule has 0 unspecified atom stereocenters. The molecule has 0 radical (unpaired) electrons. The number of fused-ring (bicyclic) bond motifs is 1. The Hall–Kier alpha value is -3.78. The molecule has 3 N–H and O–H groups in total. The third-order valence-corrected chi connectivity index (χ3v) is 5.51. The van der Waals surface area contributed by atoms with Gasteiger partial charge in [0.15, 0.2) is 0 Å². The number of amides is 1. The van der Waals surface area contributed by atoms with Gasteiger partial charge in [0, 0.05) is 42.0 Å². The van der Waals surface area contributed by atoms with E-state index in [1.54, 1.807) is 55.4 Å². The summed E-state index contributed by atoms with van der Waals surface area (Å²) in [5.41, 5.74) is 2.40. The molecule has 0 fully saturated rings. The van der Waals surface area contributed by atoms with E-state index in [9.17, 15) is 14.3 Å². The lowest BCUT2D eigenvalue weighted by molar-refractivity contribution is 0.0943. The number of halogens is 1. The maximum absolute atomic E-state index is 14.3. The molecule has 7 nitrogen and oxygen atoms in total. The van der Waals surface area contributed by atoms with Gasteiger partial charge < -0.3 is 15.7 Å². The number of hydrogen-bond acceptors (Lipinski definition) is 5. The first-order valence-corrected chi connectivity index (χ1v) is 10.7. The summed E-state index contributed by atoms with van der Waals surface area (Å²) < 4.78 is 15.9. The molecule has 2 aromatic heterocycles. The SMILES string of the molecule is Cc1ccc([C@H](NC(=O)c2ccc3cnc(N[C@@H](C)CO)cc3c2)c2cnn(C)c2)cc1F. The predicted octanol–water partition coefficient (Wildman–Crippen LogP) is 3.73. The molecule has 0 aliphatic heterocycles. The van der Waals surface area contributed by atoms with E-state index in [1.165, 1.54) is 6.07 Å². The highest BCUT2D eigenvalue weighted by Gasteiger charge is 2.20. The van der Waals surface area contributed by atoms with Crippen molar-refractivity contribution >= 4 is 22.5 Å². The third kappa shape index (κ3) is 5.01. The van der Waals surface area contributed by atoms with Crippen molar-refractivity contribution in [2.45, 2.75) is 25.9 Å². The van der Waals surface area contributed by atoms with E-state index < -0.39 is 6.04 Å². The highest BCUT2D eigenvalue weighted by atomic mass is 19.1. The summed E-state index contributed by atoms with van der Waals surface area (Å²) in [6.45, 7) is 3.53. The van der Waals surface area contributed by atoms with Crippen LogP contribution in [0.3, 0.4) is 0 Å². The van der Waals surface area contributed by atoms with Crippen molar-refractivity contribution in [1.82, 2.24) is 20.1 Å². The lowest BCUT2D eigenvalue weighted by atomic mass is 9.99. The summed E-state index contributed by atoms with van der Waals surface area (Å²) in [6.07, 6.45) is 5.18. The van der Waals surface area contributed by atoms with Crippen LogP contribution in [0.15, 0.2) is 61.1 Å². The maximum atomic E-state index is 14.3. The van der Waals surface area contributed by atoms with Gasteiger partial charge in [0.25, 0.3) is 5.91 Å². The van der Waals surface area contributed by atoms with E-state index in [0.717, 1.165) is 16.3 Å². The van der Waals surface area contributed by atoms with E-state index in [4.69, 9.17) is 0 Å². The van der Waals surface area contributed by atoms with Crippen molar-refractivity contribution in [3.8, 4) is 0 Å². The van der Waals surface area contributed by atoms with Crippen LogP contribution in [-0.2, 0) is 7.05 Å². The highest BCUT2D eigenvalue weighted by molar-refractivity contribution is 5.99.